The second-order valence-corrected chi connectivity index (χ2v) is 7.17. The van der Waals surface area contributed by atoms with Gasteiger partial charge < -0.3 is 0 Å². The highest BCUT2D eigenvalue weighted by Crippen LogP contribution is 2.32. The number of hydrogen-bond donors (Lipinski definition) is 0. The fraction of sp³-hybridized carbons (Fsp3) is 0.800. The van der Waals surface area contributed by atoms with E-state index in [1.165, 1.54) is 24.8 Å². The summed E-state index contributed by atoms with van der Waals surface area (Å²) in [6.45, 7) is 15.8. The van der Waals surface area contributed by atoms with Crippen molar-refractivity contribution >= 4 is 12.1 Å². The summed E-state index contributed by atoms with van der Waals surface area (Å²) in [5.41, 5.74) is 1.67. The first kappa shape index (κ1) is 21.1. The molecule has 0 aliphatic rings. The molecule has 0 saturated carbocycles. The van der Waals surface area contributed by atoms with Crippen molar-refractivity contribution in [2.24, 2.45) is 27.2 Å². The molecule has 0 bridgehead atoms. The highest BCUT2D eigenvalue weighted by atomic mass is 14.9. The summed E-state index contributed by atoms with van der Waals surface area (Å²) in [6.07, 6.45) is 10.6. The molecular weight excluding hydrogens is 268 g/mol. The Hall–Kier alpha value is -0.920. The van der Waals surface area contributed by atoms with Gasteiger partial charge in [0.25, 0.3) is 0 Å². The smallest absolute Gasteiger partial charge is 0.119 e. The zero-order valence-electron chi connectivity index (χ0n) is 16.2. The quantitative estimate of drug-likeness (QED) is 0.270. The van der Waals surface area contributed by atoms with Crippen molar-refractivity contribution in [2.45, 2.75) is 80.6 Å². The van der Waals surface area contributed by atoms with E-state index in [1.807, 2.05) is 6.92 Å². The molecule has 3 unspecified atom stereocenters. The molecule has 0 aliphatic heterocycles. The average Bonchev–Trinajstić information content (AvgIpc) is 2.49. The maximum Gasteiger partial charge on any atom is 0.119 e. The first-order valence-electron chi connectivity index (χ1n) is 8.93. The van der Waals surface area contributed by atoms with Gasteiger partial charge in [-0.2, -0.15) is 0 Å². The van der Waals surface area contributed by atoms with E-state index in [-0.39, 0.29) is 5.41 Å². The molecule has 3 atom stereocenters. The zero-order chi connectivity index (χ0) is 17.2. The van der Waals surface area contributed by atoms with Gasteiger partial charge in [-0.25, -0.2) is 4.99 Å². The second-order valence-electron chi connectivity index (χ2n) is 7.17. The van der Waals surface area contributed by atoms with Crippen LogP contribution >= 0.6 is 0 Å². The lowest BCUT2D eigenvalue weighted by Gasteiger charge is -2.30. The fourth-order valence-electron chi connectivity index (χ4n) is 2.74. The lowest BCUT2D eigenvalue weighted by Crippen LogP contribution is -2.26. The standard InChI is InChI=1S/C20H38N2/c1-9-11-16(3)14-17(4)12-13-18(5)20(7,10-2)15-22-19(6)21-8/h12,15-16,18H,9-11,13-14H2,1-8H3/b17-12+,21-19-,22-15-. The molecule has 2 nitrogen and oxygen atoms in total. The van der Waals surface area contributed by atoms with Crippen molar-refractivity contribution < 1.29 is 0 Å². The second kappa shape index (κ2) is 10.7. The molecule has 0 fully saturated rings. The molecule has 0 spiro atoms. The third-order valence-corrected chi connectivity index (χ3v) is 5.03. The highest BCUT2D eigenvalue weighted by molar-refractivity contribution is 5.88. The maximum atomic E-state index is 4.51. The van der Waals surface area contributed by atoms with E-state index in [0.29, 0.717) is 5.92 Å². The van der Waals surface area contributed by atoms with Crippen molar-refractivity contribution in [1.82, 2.24) is 0 Å². The number of rotatable bonds is 9. The molecule has 0 amide bonds. The summed E-state index contributed by atoms with van der Waals surface area (Å²) >= 11 is 0. The van der Waals surface area contributed by atoms with Gasteiger partial charge in [-0.3, -0.25) is 4.99 Å². The van der Waals surface area contributed by atoms with Gasteiger partial charge in [0.1, 0.15) is 5.84 Å². The van der Waals surface area contributed by atoms with Crippen LogP contribution in [-0.2, 0) is 0 Å². The monoisotopic (exact) mass is 306 g/mol. The van der Waals surface area contributed by atoms with E-state index in [9.17, 15) is 0 Å². The Morgan fingerprint density at radius 1 is 1.18 bits per heavy atom. The van der Waals surface area contributed by atoms with E-state index < -0.39 is 0 Å². The van der Waals surface area contributed by atoms with E-state index in [1.54, 1.807) is 7.05 Å². The van der Waals surface area contributed by atoms with Crippen LogP contribution in [0.5, 0.6) is 0 Å². The van der Waals surface area contributed by atoms with Crippen molar-refractivity contribution in [2.75, 3.05) is 7.05 Å². The van der Waals surface area contributed by atoms with Crippen LogP contribution in [0.4, 0.5) is 0 Å². The molecule has 0 aromatic carbocycles. The SMILES string of the molecule is CCCC(C)C/C(C)=C/CC(C)C(C)(/C=N\C(C)=N/C)CC. The normalized spacial score (nSPS) is 19.3. The van der Waals surface area contributed by atoms with Crippen LogP contribution in [0.3, 0.4) is 0 Å². The van der Waals surface area contributed by atoms with Crippen LogP contribution in [0.2, 0.25) is 0 Å². The Balaban J connectivity index is 4.71. The van der Waals surface area contributed by atoms with E-state index >= 15 is 0 Å². The molecule has 0 aromatic heterocycles. The van der Waals surface area contributed by atoms with Gasteiger partial charge in [0, 0.05) is 18.7 Å². The summed E-state index contributed by atoms with van der Waals surface area (Å²) < 4.78 is 0. The molecule has 0 aliphatic carbocycles. The Labute approximate surface area is 139 Å². The summed E-state index contributed by atoms with van der Waals surface area (Å²) in [5.74, 6) is 2.24. The van der Waals surface area contributed by atoms with Crippen LogP contribution in [0.15, 0.2) is 21.6 Å². The van der Waals surface area contributed by atoms with Gasteiger partial charge in [0.15, 0.2) is 0 Å². The number of amidine groups is 1. The molecule has 2 heteroatoms. The molecule has 0 saturated heterocycles. The van der Waals surface area contributed by atoms with Gasteiger partial charge in [-0.05, 0) is 44.9 Å². The summed E-state index contributed by atoms with van der Waals surface area (Å²) in [7, 11) is 1.79. The van der Waals surface area contributed by atoms with Crippen LogP contribution < -0.4 is 0 Å². The Bertz CT molecular complexity index is 393. The topological polar surface area (TPSA) is 24.7 Å². The Morgan fingerprint density at radius 2 is 1.82 bits per heavy atom. The third-order valence-electron chi connectivity index (χ3n) is 5.03. The Morgan fingerprint density at radius 3 is 2.32 bits per heavy atom. The predicted octanol–water partition coefficient (Wildman–Crippen LogP) is 6.32. The largest absolute Gasteiger partial charge is 0.274 e. The number of aliphatic imine (C=N–C) groups is 2. The molecule has 0 heterocycles. The highest BCUT2D eigenvalue weighted by Gasteiger charge is 2.26. The number of allylic oxidation sites excluding steroid dienone is 2. The van der Waals surface area contributed by atoms with Crippen LogP contribution in [0, 0.1) is 17.3 Å². The maximum absolute atomic E-state index is 4.51. The van der Waals surface area contributed by atoms with Gasteiger partial charge in [-0.1, -0.05) is 59.1 Å². The van der Waals surface area contributed by atoms with Gasteiger partial charge in [0.05, 0.1) is 0 Å². The molecular formula is C20H38N2. The van der Waals surface area contributed by atoms with Crippen molar-refractivity contribution in [3.8, 4) is 0 Å². The molecule has 22 heavy (non-hydrogen) atoms. The summed E-state index contributed by atoms with van der Waals surface area (Å²) in [5, 5.41) is 0. The lowest BCUT2D eigenvalue weighted by atomic mass is 9.75. The summed E-state index contributed by atoms with van der Waals surface area (Å²) in [4.78, 5) is 8.63. The molecule has 0 N–H and O–H groups in total. The number of hydrogen-bond acceptors (Lipinski definition) is 1. The molecule has 0 rings (SSSR count). The molecule has 128 valence electrons. The third kappa shape index (κ3) is 7.91. The average molecular weight is 307 g/mol. The minimum atomic E-state index is 0.137. The number of nitrogens with zero attached hydrogens (tertiary/aromatic N) is 2. The van der Waals surface area contributed by atoms with Gasteiger partial charge in [-0.15, -0.1) is 0 Å². The molecule has 0 radical (unpaired) electrons. The van der Waals surface area contributed by atoms with Gasteiger partial charge in [0.2, 0.25) is 0 Å². The van der Waals surface area contributed by atoms with E-state index in [4.69, 9.17) is 0 Å². The summed E-state index contributed by atoms with van der Waals surface area (Å²) in [6, 6.07) is 0. The Kier molecular flexibility index (Phi) is 10.3. The van der Waals surface area contributed by atoms with Crippen molar-refractivity contribution in [3.63, 3.8) is 0 Å². The predicted molar refractivity (Wildman–Crippen MR) is 102 cm³/mol. The van der Waals surface area contributed by atoms with Crippen molar-refractivity contribution in [1.29, 1.82) is 0 Å². The van der Waals surface area contributed by atoms with E-state index in [2.05, 4.69) is 63.8 Å². The lowest BCUT2D eigenvalue weighted by molar-refractivity contribution is 0.304. The minimum Gasteiger partial charge on any atom is -0.274 e. The van der Waals surface area contributed by atoms with Crippen LogP contribution in [-0.4, -0.2) is 19.1 Å². The fourth-order valence-corrected chi connectivity index (χ4v) is 2.74. The minimum absolute atomic E-state index is 0.137. The first-order valence-corrected chi connectivity index (χ1v) is 8.93. The van der Waals surface area contributed by atoms with E-state index in [0.717, 1.165) is 24.6 Å². The van der Waals surface area contributed by atoms with Crippen molar-refractivity contribution in [3.05, 3.63) is 11.6 Å². The zero-order valence-corrected chi connectivity index (χ0v) is 16.2. The molecule has 0 aromatic rings. The van der Waals surface area contributed by atoms with Crippen LogP contribution in [0.25, 0.3) is 0 Å². The van der Waals surface area contributed by atoms with Gasteiger partial charge >= 0.3 is 0 Å². The van der Waals surface area contributed by atoms with Crippen LogP contribution in [0.1, 0.15) is 80.6 Å². The first-order chi connectivity index (χ1) is 10.3.